The molecule has 2 saturated heterocycles. The molecule has 23 heavy (non-hydrogen) atoms. The Morgan fingerprint density at radius 2 is 2.00 bits per heavy atom. The van der Waals surface area contributed by atoms with E-state index >= 15 is 0 Å². The Morgan fingerprint density at radius 1 is 1.26 bits per heavy atom. The largest absolute Gasteiger partial charge is 0.497 e. The summed E-state index contributed by atoms with van der Waals surface area (Å²) in [5, 5.41) is 0. The van der Waals surface area contributed by atoms with Crippen LogP contribution in [-0.2, 0) is 21.1 Å². The maximum atomic E-state index is 12.7. The number of rotatable bonds is 4. The number of ether oxygens (including phenoxy) is 1. The van der Waals surface area contributed by atoms with E-state index in [4.69, 9.17) is 4.74 Å². The molecule has 3 rings (SSSR count). The van der Waals surface area contributed by atoms with Gasteiger partial charge in [0, 0.05) is 12.6 Å². The maximum absolute atomic E-state index is 12.7. The second-order valence-electron chi connectivity index (χ2n) is 6.48. The Hall–Kier alpha value is -1.56. The van der Waals surface area contributed by atoms with Gasteiger partial charge in [-0.1, -0.05) is 12.1 Å². The second-order valence-corrected chi connectivity index (χ2v) is 8.71. The summed E-state index contributed by atoms with van der Waals surface area (Å²) >= 11 is 0. The summed E-state index contributed by atoms with van der Waals surface area (Å²) in [6.07, 6.45) is 3.27. The van der Waals surface area contributed by atoms with Gasteiger partial charge < -0.3 is 9.64 Å². The smallest absolute Gasteiger partial charge is 0.226 e. The van der Waals surface area contributed by atoms with Crippen LogP contribution in [0.3, 0.4) is 0 Å². The molecule has 2 aliphatic rings. The number of hydrogen-bond acceptors (Lipinski definition) is 4. The van der Waals surface area contributed by atoms with Gasteiger partial charge in [-0.25, -0.2) is 8.42 Å². The highest BCUT2D eigenvalue weighted by molar-refractivity contribution is 7.91. The van der Waals surface area contributed by atoms with Crippen LogP contribution in [0, 0.1) is 5.92 Å². The zero-order chi connectivity index (χ0) is 16.4. The monoisotopic (exact) mass is 337 g/mol. The Labute approximate surface area is 137 Å². The highest BCUT2D eigenvalue weighted by atomic mass is 32.2. The molecule has 0 radical (unpaired) electrons. The first-order chi connectivity index (χ1) is 11.0. The Morgan fingerprint density at radius 3 is 2.61 bits per heavy atom. The lowest BCUT2D eigenvalue weighted by Gasteiger charge is -2.27. The Balaban J connectivity index is 1.66. The van der Waals surface area contributed by atoms with Crippen molar-refractivity contribution in [3.8, 4) is 5.75 Å². The van der Waals surface area contributed by atoms with Crippen LogP contribution in [0.15, 0.2) is 24.3 Å². The number of nitrogens with zero attached hydrogens (tertiary/aromatic N) is 1. The molecule has 1 amide bonds. The van der Waals surface area contributed by atoms with E-state index in [1.807, 2.05) is 29.2 Å². The van der Waals surface area contributed by atoms with E-state index in [1.54, 1.807) is 7.11 Å². The number of sulfone groups is 1. The first-order valence-corrected chi connectivity index (χ1v) is 9.94. The van der Waals surface area contributed by atoms with Gasteiger partial charge >= 0.3 is 0 Å². The van der Waals surface area contributed by atoms with Crippen LogP contribution in [0.4, 0.5) is 0 Å². The van der Waals surface area contributed by atoms with Crippen molar-refractivity contribution in [2.24, 2.45) is 5.92 Å². The summed E-state index contributed by atoms with van der Waals surface area (Å²) in [5.41, 5.74) is 1.18. The molecule has 0 aliphatic carbocycles. The van der Waals surface area contributed by atoms with Crippen molar-refractivity contribution >= 4 is 15.7 Å². The van der Waals surface area contributed by atoms with Gasteiger partial charge in [0.25, 0.3) is 0 Å². The SMILES string of the molecule is COc1ccc(C[C@@H]2CCCN2C(=O)[C@H]2CCS(=O)(=O)C2)cc1. The normalized spacial score (nSPS) is 26.4. The first-order valence-electron chi connectivity index (χ1n) is 8.12. The topological polar surface area (TPSA) is 63.7 Å². The van der Waals surface area contributed by atoms with Crippen molar-refractivity contribution in [3.05, 3.63) is 29.8 Å². The van der Waals surface area contributed by atoms with Crippen LogP contribution in [0.5, 0.6) is 5.75 Å². The molecule has 2 fully saturated rings. The number of carbonyl (C=O) groups is 1. The fourth-order valence-corrected chi connectivity index (χ4v) is 5.33. The molecule has 1 aromatic carbocycles. The minimum atomic E-state index is -3.02. The van der Waals surface area contributed by atoms with Crippen LogP contribution in [-0.4, -0.2) is 50.4 Å². The van der Waals surface area contributed by atoms with Crippen LogP contribution in [0.2, 0.25) is 0 Å². The summed E-state index contributed by atoms with van der Waals surface area (Å²) in [7, 11) is -1.37. The molecule has 2 heterocycles. The molecule has 2 aliphatic heterocycles. The molecule has 0 N–H and O–H groups in total. The fraction of sp³-hybridized carbons (Fsp3) is 0.588. The summed E-state index contributed by atoms with van der Waals surface area (Å²) in [4.78, 5) is 14.6. The zero-order valence-electron chi connectivity index (χ0n) is 13.4. The van der Waals surface area contributed by atoms with Crippen LogP contribution >= 0.6 is 0 Å². The Bertz CT molecular complexity index is 668. The zero-order valence-corrected chi connectivity index (χ0v) is 14.2. The van der Waals surface area contributed by atoms with Crippen molar-refractivity contribution in [1.29, 1.82) is 0 Å². The predicted molar refractivity (Wildman–Crippen MR) is 88.2 cm³/mol. The molecule has 6 heteroatoms. The van der Waals surface area contributed by atoms with Gasteiger partial charge in [0.15, 0.2) is 9.84 Å². The minimum Gasteiger partial charge on any atom is -0.497 e. The second kappa shape index (κ2) is 6.51. The van der Waals surface area contributed by atoms with Crippen molar-refractivity contribution in [1.82, 2.24) is 4.90 Å². The third-order valence-electron chi connectivity index (χ3n) is 4.87. The van der Waals surface area contributed by atoms with Gasteiger partial charge in [-0.15, -0.1) is 0 Å². The van der Waals surface area contributed by atoms with Crippen molar-refractivity contribution in [3.63, 3.8) is 0 Å². The number of methoxy groups -OCH3 is 1. The third kappa shape index (κ3) is 3.68. The number of amides is 1. The number of hydrogen-bond donors (Lipinski definition) is 0. The van der Waals surface area contributed by atoms with Gasteiger partial charge in [-0.2, -0.15) is 0 Å². The summed E-state index contributed by atoms with van der Waals surface area (Å²) in [6, 6.07) is 8.10. The molecule has 5 nitrogen and oxygen atoms in total. The lowest BCUT2D eigenvalue weighted by Crippen LogP contribution is -2.41. The molecular formula is C17H23NO4S. The summed E-state index contributed by atoms with van der Waals surface area (Å²) in [5.74, 6) is 0.695. The quantitative estimate of drug-likeness (QED) is 0.838. The molecule has 0 aromatic heterocycles. The molecule has 0 unspecified atom stereocenters. The van der Waals surface area contributed by atoms with E-state index in [0.717, 1.165) is 31.6 Å². The van der Waals surface area contributed by atoms with Crippen LogP contribution in [0.25, 0.3) is 0 Å². The van der Waals surface area contributed by atoms with E-state index in [2.05, 4.69) is 0 Å². The molecule has 126 valence electrons. The number of carbonyl (C=O) groups excluding carboxylic acids is 1. The lowest BCUT2D eigenvalue weighted by molar-refractivity contribution is -0.135. The summed E-state index contributed by atoms with van der Waals surface area (Å²) < 4.78 is 28.4. The van der Waals surface area contributed by atoms with E-state index in [1.165, 1.54) is 5.56 Å². The maximum Gasteiger partial charge on any atom is 0.226 e. The first kappa shape index (κ1) is 16.3. The Kier molecular flexibility index (Phi) is 4.62. The lowest BCUT2D eigenvalue weighted by atomic mass is 10.0. The number of likely N-dealkylation sites (tertiary alicyclic amines) is 1. The highest BCUT2D eigenvalue weighted by Gasteiger charge is 2.38. The molecule has 2 atom stereocenters. The molecule has 0 saturated carbocycles. The van der Waals surface area contributed by atoms with Gasteiger partial charge in [0.1, 0.15) is 5.75 Å². The molecule has 0 spiro atoms. The van der Waals surface area contributed by atoms with E-state index in [9.17, 15) is 13.2 Å². The fourth-order valence-electron chi connectivity index (χ4n) is 3.60. The minimum absolute atomic E-state index is 0.0254. The van der Waals surface area contributed by atoms with Crippen molar-refractivity contribution in [2.75, 3.05) is 25.2 Å². The van der Waals surface area contributed by atoms with Gasteiger partial charge in [-0.05, 0) is 43.4 Å². The van der Waals surface area contributed by atoms with Gasteiger partial charge in [0.05, 0.1) is 24.5 Å². The standard InChI is InChI=1S/C17H23NO4S/c1-22-16-6-4-13(5-7-16)11-15-3-2-9-18(15)17(19)14-8-10-23(20,21)12-14/h4-7,14-15H,2-3,8-12H2,1H3/t14-,15-/m0/s1. The van der Waals surface area contributed by atoms with Crippen LogP contribution in [0.1, 0.15) is 24.8 Å². The highest BCUT2D eigenvalue weighted by Crippen LogP contribution is 2.27. The molecule has 0 bridgehead atoms. The third-order valence-corrected chi connectivity index (χ3v) is 6.64. The average molecular weight is 337 g/mol. The van der Waals surface area contributed by atoms with Crippen LogP contribution < -0.4 is 4.74 Å². The summed E-state index contributed by atoms with van der Waals surface area (Å²) in [6.45, 7) is 0.746. The van der Waals surface area contributed by atoms with E-state index < -0.39 is 9.84 Å². The number of benzene rings is 1. The van der Waals surface area contributed by atoms with Crippen molar-refractivity contribution in [2.45, 2.75) is 31.7 Å². The van der Waals surface area contributed by atoms with Gasteiger partial charge in [0.2, 0.25) is 5.91 Å². The molecule has 1 aromatic rings. The molecular weight excluding hydrogens is 314 g/mol. The van der Waals surface area contributed by atoms with Crippen molar-refractivity contribution < 1.29 is 17.9 Å². The van der Waals surface area contributed by atoms with E-state index in [-0.39, 0.29) is 29.4 Å². The van der Waals surface area contributed by atoms with E-state index in [0.29, 0.717) is 6.42 Å². The predicted octanol–water partition coefficient (Wildman–Crippen LogP) is 1.66. The van der Waals surface area contributed by atoms with Gasteiger partial charge in [-0.3, -0.25) is 4.79 Å². The average Bonchev–Trinajstić information content (AvgIpc) is 3.13.